The average Bonchev–Trinajstić information content (AvgIpc) is 2.86. The second-order valence-corrected chi connectivity index (χ2v) is 6.99. The summed E-state index contributed by atoms with van der Waals surface area (Å²) >= 11 is 3.30. The lowest BCUT2D eigenvalue weighted by molar-refractivity contribution is -0.151. The lowest BCUT2D eigenvalue weighted by atomic mass is 9.89. The molecular weight excluding hydrogens is 342 g/mol. The van der Waals surface area contributed by atoms with E-state index >= 15 is 0 Å². The molecule has 1 atom stereocenters. The number of ether oxygens (including phenoxy) is 2. The second-order valence-electron chi connectivity index (χ2n) is 5.40. The van der Waals surface area contributed by atoms with Crippen LogP contribution in [0.15, 0.2) is 10.7 Å². The second kappa shape index (κ2) is 6.60. The Morgan fingerprint density at radius 1 is 1.33 bits per heavy atom. The van der Waals surface area contributed by atoms with E-state index < -0.39 is 15.7 Å². The van der Waals surface area contributed by atoms with Crippen molar-refractivity contribution in [3.05, 3.63) is 17.8 Å². The zero-order valence-electron chi connectivity index (χ0n) is 12.9. The summed E-state index contributed by atoms with van der Waals surface area (Å²) in [5.74, 6) is -0.443. The Balaban J connectivity index is 2.91. The third-order valence-corrected chi connectivity index (χ3v) is 3.75. The summed E-state index contributed by atoms with van der Waals surface area (Å²) in [4.78, 5) is 27.8. The molecule has 1 heterocycles. The van der Waals surface area contributed by atoms with Crippen LogP contribution in [0.3, 0.4) is 0 Å². The number of aromatic nitrogens is 1. The number of hydrogen-bond acceptors (Lipinski definition) is 6. The summed E-state index contributed by atoms with van der Waals surface area (Å²) in [7, 11) is 1.33. The van der Waals surface area contributed by atoms with Gasteiger partial charge >= 0.3 is 11.9 Å². The molecule has 0 fully saturated rings. The summed E-state index contributed by atoms with van der Waals surface area (Å²) in [6.07, 6.45) is 1.65. The Morgan fingerprint density at radius 2 is 1.95 bits per heavy atom. The zero-order chi connectivity index (χ0) is 16.3. The van der Waals surface area contributed by atoms with Crippen molar-refractivity contribution in [3.8, 4) is 0 Å². The van der Waals surface area contributed by atoms with E-state index in [-0.39, 0.29) is 19.0 Å². The van der Waals surface area contributed by atoms with Gasteiger partial charge in [-0.25, -0.2) is 4.98 Å². The van der Waals surface area contributed by atoms with Crippen LogP contribution in [0.25, 0.3) is 0 Å². The molecule has 1 rings (SSSR count). The van der Waals surface area contributed by atoms with Gasteiger partial charge < -0.3 is 13.9 Å². The van der Waals surface area contributed by atoms with Crippen LogP contribution in [0.5, 0.6) is 0 Å². The van der Waals surface area contributed by atoms with Gasteiger partial charge in [-0.05, 0) is 27.7 Å². The SMILES string of the molecule is CCOC(=O)C(C)(Br)c1coc(CC(C)(C)C(=O)OC)n1. The molecule has 0 radical (unpaired) electrons. The number of oxazole rings is 1. The third-order valence-electron chi connectivity index (χ3n) is 3.02. The molecule has 0 bridgehead atoms. The molecule has 1 unspecified atom stereocenters. The Bertz CT molecular complexity index is 521. The molecule has 0 amide bonds. The minimum atomic E-state index is -1.08. The van der Waals surface area contributed by atoms with Gasteiger partial charge in [0.05, 0.1) is 19.1 Å². The molecule has 7 heteroatoms. The molecule has 0 aliphatic rings. The minimum absolute atomic E-state index is 0.269. The van der Waals surface area contributed by atoms with Crippen molar-refractivity contribution in [2.45, 2.75) is 38.4 Å². The van der Waals surface area contributed by atoms with Crippen LogP contribution in [0, 0.1) is 5.41 Å². The number of halogens is 1. The number of hydrogen-bond donors (Lipinski definition) is 0. The predicted octanol–water partition coefficient (Wildman–Crippen LogP) is 2.59. The number of alkyl halides is 1. The first-order chi connectivity index (χ1) is 9.65. The molecule has 1 aromatic heterocycles. The number of methoxy groups -OCH3 is 1. The van der Waals surface area contributed by atoms with Crippen molar-refractivity contribution in [2.24, 2.45) is 5.41 Å². The quantitative estimate of drug-likeness (QED) is 0.572. The van der Waals surface area contributed by atoms with Gasteiger partial charge in [0.25, 0.3) is 0 Å². The van der Waals surface area contributed by atoms with E-state index in [4.69, 9.17) is 13.9 Å². The fourth-order valence-corrected chi connectivity index (χ4v) is 2.00. The fraction of sp³-hybridized carbons (Fsp3) is 0.643. The van der Waals surface area contributed by atoms with E-state index in [2.05, 4.69) is 20.9 Å². The summed E-state index contributed by atoms with van der Waals surface area (Å²) in [6.45, 7) is 7.12. The maximum Gasteiger partial charge on any atom is 0.328 e. The van der Waals surface area contributed by atoms with E-state index in [9.17, 15) is 9.59 Å². The molecule has 0 aromatic carbocycles. The van der Waals surface area contributed by atoms with Gasteiger partial charge in [0.15, 0.2) is 10.2 Å². The standard InChI is InChI=1S/C14H20BrNO5/c1-6-20-12(18)14(4,15)9-8-21-10(16-9)7-13(2,3)11(17)19-5/h8H,6-7H2,1-5H3. The monoisotopic (exact) mass is 361 g/mol. The van der Waals surface area contributed by atoms with Gasteiger partial charge in [-0.15, -0.1) is 0 Å². The predicted molar refractivity (Wildman–Crippen MR) is 78.9 cm³/mol. The highest BCUT2D eigenvalue weighted by Gasteiger charge is 2.38. The van der Waals surface area contributed by atoms with Crippen LogP contribution >= 0.6 is 15.9 Å². The molecule has 118 valence electrons. The van der Waals surface area contributed by atoms with E-state index in [1.807, 2.05) is 0 Å². The lowest BCUT2D eigenvalue weighted by Crippen LogP contribution is -2.29. The number of nitrogens with zero attached hydrogens (tertiary/aromatic N) is 1. The van der Waals surface area contributed by atoms with Crippen molar-refractivity contribution < 1.29 is 23.5 Å². The Kier molecular flexibility index (Phi) is 5.55. The molecule has 0 N–H and O–H groups in total. The Labute approximate surface area is 132 Å². The van der Waals surface area contributed by atoms with Gasteiger partial charge in [0.2, 0.25) is 0 Å². The van der Waals surface area contributed by atoms with Crippen LogP contribution in [0.2, 0.25) is 0 Å². The summed E-state index contributed by atoms with van der Waals surface area (Å²) in [5, 5.41) is 0. The van der Waals surface area contributed by atoms with Crippen LogP contribution in [0.1, 0.15) is 39.3 Å². The Hall–Kier alpha value is -1.37. The molecular formula is C14H20BrNO5. The van der Waals surface area contributed by atoms with Crippen LogP contribution in [-0.4, -0.2) is 30.6 Å². The van der Waals surface area contributed by atoms with Crippen molar-refractivity contribution in [3.63, 3.8) is 0 Å². The van der Waals surface area contributed by atoms with Crippen molar-refractivity contribution in [1.82, 2.24) is 4.98 Å². The van der Waals surface area contributed by atoms with E-state index in [1.165, 1.54) is 13.4 Å². The number of rotatable bonds is 6. The van der Waals surface area contributed by atoms with E-state index in [0.29, 0.717) is 11.6 Å². The van der Waals surface area contributed by atoms with E-state index in [0.717, 1.165) is 0 Å². The summed E-state index contributed by atoms with van der Waals surface area (Å²) in [5.41, 5.74) is -0.361. The first-order valence-corrected chi connectivity index (χ1v) is 7.34. The van der Waals surface area contributed by atoms with Gasteiger partial charge in [-0.1, -0.05) is 15.9 Å². The lowest BCUT2D eigenvalue weighted by Gasteiger charge is -2.19. The van der Waals surface area contributed by atoms with Crippen molar-refractivity contribution >= 4 is 27.9 Å². The number of carbonyl (C=O) groups is 2. The fourth-order valence-electron chi connectivity index (χ4n) is 1.71. The first-order valence-electron chi connectivity index (χ1n) is 6.54. The maximum atomic E-state index is 11.9. The number of carbonyl (C=O) groups excluding carboxylic acids is 2. The molecule has 21 heavy (non-hydrogen) atoms. The maximum absolute atomic E-state index is 11.9. The molecule has 0 aliphatic heterocycles. The molecule has 0 saturated heterocycles. The largest absolute Gasteiger partial charge is 0.469 e. The summed E-state index contributed by atoms with van der Waals surface area (Å²) < 4.78 is 14.0. The highest BCUT2D eigenvalue weighted by atomic mass is 79.9. The average molecular weight is 362 g/mol. The van der Waals surface area contributed by atoms with Crippen LogP contribution in [-0.2, 0) is 29.8 Å². The topological polar surface area (TPSA) is 78.6 Å². The minimum Gasteiger partial charge on any atom is -0.469 e. The van der Waals surface area contributed by atoms with Gasteiger partial charge in [-0.3, -0.25) is 9.59 Å². The van der Waals surface area contributed by atoms with Gasteiger partial charge in [-0.2, -0.15) is 0 Å². The molecule has 0 aliphatic carbocycles. The summed E-state index contributed by atoms with van der Waals surface area (Å²) in [6, 6.07) is 0. The molecule has 0 saturated carbocycles. The van der Waals surface area contributed by atoms with Crippen LogP contribution < -0.4 is 0 Å². The molecule has 6 nitrogen and oxygen atoms in total. The number of esters is 2. The highest BCUT2D eigenvalue weighted by molar-refractivity contribution is 9.10. The van der Waals surface area contributed by atoms with E-state index in [1.54, 1.807) is 27.7 Å². The molecule has 1 aromatic rings. The van der Waals surface area contributed by atoms with Crippen molar-refractivity contribution in [1.29, 1.82) is 0 Å². The smallest absolute Gasteiger partial charge is 0.328 e. The van der Waals surface area contributed by atoms with Crippen LogP contribution in [0.4, 0.5) is 0 Å². The highest BCUT2D eigenvalue weighted by Crippen LogP contribution is 2.33. The van der Waals surface area contributed by atoms with Gasteiger partial charge in [0.1, 0.15) is 12.0 Å². The molecule has 0 spiro atoms. The third kappa shape index (κ3) is 4.06. The Morgan fingerprint density at radius 3 is 2.48 bits per heavy atom. The first kappa shape index (κ1) is 17.7. The normalized spacial score (nSPS) is 14.4. The van der Waals surface area contributed by atoms with Gasteiger partial charge in [0, 0.05) is 6.42 Å². The van der Waals surface area contributed by atoms with Crippen molar-refractivity contribution in [2.75, 3.05) is 13.7 Å². The zero-order valence-corrected chi connectivity index (χ0v) is 14.4.